The summed E-state index contributed by atoms with van der Waals surface area (Å²) in [4.78, 5) is 14.6. The van der Waals surface area contributed by atoms with E-state index in [1.54, 1.807) is 19.1 Å². The molecular formula is C16H16N2O2. The Hall–Kier alpha value is -2.54. The van der Waals surface area contributed by atoms with Gasteiger partial charge in [0, 0.05) is 11.8 Å². The predicted molar refractivity (Wildman–Crippen MR) is 76.3 cm³/mol. The van der Waals surface area contributed by atoms with Crippen molar-refractivity contribution >= 4 is 5.97 Å². The van der Waals surface area contributed by atoms with Gasteiger partial charge in [-0.1, -0.05) is 19.1 Å². The highest BCUT2D eigenvalue weighted by Gasteiger charge is 2.13. The number of hydrogen-bond donors (Lipinski definition) is 1. The number of ether oxygens (including phenoxy) is 1. The molecule has 0 radical (unpaired) electrons. The minimum Gasteiger partial charge on any atom is -0.462 e. The van der Waals surface area contributed by atoms with E-state index >= 15 is 0 Å². The van der Waals surface area contributed by atoms with Crippen LogP contribution in [0.4, 0.5) is 0 Å². The van der Waals surface area contributed by atoms with Crippen molar-refractivity contribution in [3.8, 4) is 17.2 Å². The Morgan fingerprint density at radius 2 is 2.00 bits per heavy atom. The maximum atomic E-state index is 11.6. The molecule has 4 heteroatoms. The molecule has 0 aliphatic heterocycles. The molecule has 0 aliphatic rings. The highest BCUT2D eigenvalue weighted by atomic mass is 16.5. The van der Waals surface area contributed by atoms with Crippen LogP contribution in [0.2, 0.25) is 0 Å². The fraction of sp³-hybridized carbons (Fsp3) is 0.250. The number of rotatable bonds is 4. The van der Waals surface area contributed by atoms with Crippen LogP contribution in [0, 0.1) is 11.3 Å². The van der Waals surface area contributed by atoms with Crippen molar-refractivity contribution in [2.45, 2.75) is 20.3 Å². The molecule has 1 aromatic heterocycles. The van der Waals surface area contributed by atoms with Gasteiger partial charge in [-0.15, -0.1) is 0 Å². The van der Waals surface area contributed by atoms with Crippen LogP contribution in [0.15, 0.2) is 30.5 Å². The average molecular weight is 268 g/mol. The molecule has 0 fully saturated rings. The molecule has 0 spiro atoms. The van der Waals surface area contributed by atoms with Crippen LogP contribution < -0.4 is 0 Å². The van der Waals surface area contributed by atoms with E-state index in [0.29, 0.717) is 17.9 Å². The number of carbonyl (C=O) groups excluding carboxylic acids is 1. The quantitative estimate of drug-likeness (QED) is 0.865. The lowest BCUT2D eigenvalue weighted by molar-refractivity contribution is 0.0526. The molecule has 0 unspecified atom stereocenters. The van der Waals surface area contributed by atoms with E-state index in [1.807, 2.05) is 25.3 Å². The first-order valence-corrected chi connectivity index (χ1v) is 6.59. The fourth-order valence-corrected chi connectivity index (χ4v) is 2.15. The van der Waals surface area contributed by atoms with Crippen molar-refractivity contribution in [1.29, 1.82) is 5.26 Å². The van der Waals surface area contributed by atoms with Gasteiger partial charge in [-0.2, -0.15) is 5.26 Å². The van der Waals surface area contributed by atoms with Gasteiger partial charge in [0.2, 0.25) is 0 Å². The van der Waals surface area contributed by atoms with Gasteiger partial charge >= 0.3 is 5.97 Å². The molecule has 0 saturated heterocycles. The Labute approximate surface area is 118 Å². The molecule has 2 rings (SSSR count). The van der Waals surface area contributed by atoms with Gasteiger partial charge in [-0.05, 0) is 36.6 Å². The second kappa shape index (κ2) is 6.07. The maximum absolute atomic E-state index is 11.6. The van der Waals surface area contributed by atoms with Crippen LogP contribution in [-0.4, -0.2) is 17.6 Å². The number of benzene rings is 1. The Morgan fingerprint density at radius 3 is 2.55 bits per heavy atom. The summed E-state index contributed by atoms with van der Waals surface area (Å²) in [5.41, 5.74) is 3.98. The van der Waals surface area contributed by atoms with Crippen LogP contribution >= 0.6 is 0 Å². The maximum Gasteiger partial charge on any atom is 0.338 e. The molecule has 0 saturated carbocycles. The Kier molecular flexibility index (Phi) is 4.21. The molecular weight excluding hydrogens is 252 g/mol. The van der Waals surface area contributed by atoms with Gasteiger partial charge in [0.05, 0.1) is 12.2 Å². The number of H-pyrrole nitrogens is 1. The summed E-state index contributed by atoms with van der Waals surface area (Å²) in [6, 6.07) is 9.29. The predicted octanol–water partition coefficient (Wildman–Crippen LogP) is 3.29. The Bertz CT molecular complexity index is 648. The standard InChI is InChI=1S/C16H16N2O2/c1-3-11-10-18-14(9-17)15(11)12-5-7-13(8-6-12)16(19)20-4-2/h5-8,10,18H,3-4H2,1-2H3. The minimum absolute atomic E-state index is 0.329. The zero-order valence-corrected chi connectivity index (χ0v) is 11.6. The van der Waals surface area contributed by atoms with Gasteiger partial charge in [0.15, 0.2) is 0 Å². The lowest BCUT2D eigenvalue weighted by atomic mass is 9.99. The normalized spacial score (nSPS) is 10.1. The van der Waals surface area contributed by atoms with Crippen LogP contribution in [0.3, 0.4) is 0 Å². The monoisotopic (exact) mass is 268 g/mol. The van der Waals surface area contributed by atoms with E-state index in [2.05, 4.69) is 11.1 Å². The molecule has 20 heavy (non-hydrogen) atoms. The number of nitrogens with one attached hydrogen (secondary N) is 1. The van der Waals surface area contributed by atoms with Crippen molar-refractivity contribution in [3.05, 3.63) is 47.3 Å². The molecule has 0 amide bonds. The third kappa shape index (κ3) is 2.57. The van der Waals surface area contributed by atoms with E-state index in [0.717, 1.165) is 23.1 Å². The molecule has 1 heterocycles. The molecule has 0 atom stereocenters. The Balaban J connectivity index is 2.38. The number of aromatic amines is 1. The van der Waals surface area contributed by atoms with E-state index in [4.69, 9.17) is 10.00 Å². The molecule has 0 aliphatic carbocycles. The summed E-state index contributed by atoms with van der Waals surface area (Å²) in [7, 11) is 0. The fourth-order valence-electron chi connectivity index (χ4n) is 2.15. The van der Waals surface area contributed by atoms with E-state index in [-0.39, 0.29) is 5.97 Å². The lowest BCUT2D eigenvalue weighted by Crippen LogP contribution is -2.04. The molecule has 1 N–H and O–H groups in total. The number of hydrogen-bond acceptors (Lipinski definition) is 3. The molecule has 4 nitrogen and oxygen atoms in total. The van der Waals surface area contributed by atoms with Gasteiger partial charge in [0.25, 0.3) is 0 Å². The van der Waals surface area contributed by atoms with Gasteiger partial charge in [-0.3, -0.25) is 0 Å². The van der Waals surface area contributed by atoms with Gasteiger partial charge in [0.1, 0.15) is 11.8 Å². The molecule has 2 aromatic rings. The number of esters is 1. The Morgan fingerprint density at radius 1 is 1.30 bits per heavy atom. The average Bonchev–Trinajstić information content (AvgIpc) is 2.90. The van der Waals surface area contributed by atoms with Crippen LogP contribution in [0.5, 0.6) is 0 Å². The smallest absolute Gasteiger partial charge is 0.338 e. The lowest BCUT2D eigenvalue weighted by Gasteiger charge is -2.05. The number of aryl methyl sites for hydroxylation is 1. The molecule has 102 valence electrons. The van der Waals surface area contributed by atoms with Crippen molar-refractivity contribution in [2.75, 3.05) is 6.61 Å². The summed E-state index contributed by atoms with van der Waals surface area (Å²) in [6.45, 7) is 4.18. The van der Waals surface area contributed by atoms with Crippen LogP contribution in [0.1, 0.15) is 35.5 Å². The SMILES string of the molecule is CCOC(=O)c1ccc(-c2c(CC)c[nH]c2C#N)cc1. The van der Waals surface area contributed by atoms with Crippen molar-refractivity contribution in [1.82, 2.24) is 4.98 Å². The van der Waals surface area contributed by atoms with Gasteiger partial charge in [-0.25, -0.2) is 4.79 Å². The number of nitrogens with zero attached hydrogens (tertiary/aromatic N) is 1. The van der Waals surface area contributed by atoms with E-state index in [9.17, 15) is 4.79 Å². The van der Waals surface area contributed by atoms with Crippen LogP contribution in [0.25, 0.3) is 11.1 Å². The zero-order chi connectivity index (χ0) is 14.5. The number of carbonyl (C=O) groups is 1. The summed E-state index contributed by atoms with van der Waals surface area (Å²) >= 11 is 0. The van der Waals surface area contributed by atoms with E-state index in [1.165, 1.54) is 0 Å². The third-order valence-corrected chi connectivity index (χ3v) is 3.14. The third-order valence-electron chi connectivity index (χ3n) is 3.14. The molecule has 1 aromatic carbocycles. The summed E-state index contributed by atoms with van der Waals surface area (Å²) < 4.78 is 4.95. The first kappa shape index (κ1) is 13.9. The zero-order valence-electron chi connectivity index (χ0n) is 11.6. The first-order valence-electron chi connectivity index (χ1n) is 6.59. The van der Waals surface area contributed by atoms with Crippen molar-refractivity contribution in [2.24, 2.45) is 0 Å². The summed E-state index contributed by atoms with van der Waals surface area (Å²) in [6.07, 6.45) is 2.69. The summed E-state index contributed by atoms with van der Waals surface area (Å²) in [5.74, 6) is -0.329. The second-order valence-corrected chi connectivity index (χ2v) is 4.33. The van der Waals surface area contributed by atoms with Gasteiger partial charge < -0.3 is 9.72 Å². The number of nitriles is 1. The highest BCUT2D eigenvalue weighted by Crippen LogP contribution is 2.28. The van der Waals surface area contributed by atoms with Crippen molar-refractivity contribution < 1.29 is 9.53 Å². The van der Waals surface area contributed by atoms with Crippen molar-refractivity contribution in [3.63, 3.8) is 0 Å². The highest BCUT2D eigenvalue weighted by molar-refractivity contribution is 5.90. The first-order chi connectivity index (χ1) is 9.71. The number of aromatic nitrogens is 1. The van der Waals surface area contributed by atoms with Crippen LogP contribution in [-0.2, 0) is 11.2 Å². The second-order valence-electron chi connectivity index (χ2n) is 4.33. The summed E-state index contributed by atoms with van der Waals surface area (Å²) in [5, 5.41) is 9.15. The van der Waals surface area contributed by atoms with E-state index < -0.39 is 0 Å². The topological polar surface area (TPSA) is 65.9 Å². The minimum atomic E-state index is -0.329. The largest absolute Gasteiger partial charge is 0.462 e. The molecule has 0 bridgehead atoms.